The summed E-state index contributed by atoms with van der Waals surface area (Å²) in [5.74, 6) is -0.158. The second-order valence-corrected chi connectivity index (χ2v) is 8.43. The van der Waals surface area contributed by atoms with Gasteiger partial charge in [-0.15, -0.1) is 4.72 Å². The lowest BCUT2D eigenvalue weighted by Gasteiger charge is -2.25. The highest BCUT2D eigenvalue weighted by atomic mass is 32.2. The molecular formula is C24H22N2OS. The van der Waals surface area contributed by atoms with Crippen molar-refractivity contribution < 1.29 is 4.55 Å². The van der Waals surface area contributed by atoms with E-state index in [9.17, 15) is 9.81 Å². The molecule has 28 heavy (non-hydrogen) atoms. The predicted octanol–water partition coefficient (Wildman–Crippen LogP) is 4.43. The van der Waals surface area contributed by atoms with Gasteiger partial charge in [-0.25, -0.2) is 0 Å². The van der Waals surface area contributed by atoms with E-state index < -0.39 is 17.4 Å². The van der Waals surface area contributed by atoms with Gasteiger partial charge in [-0.1, -0.05) is 66.2 Å². The third-order valence-electron chi connectivity index (χ3n) is 5.39. The Morgan fingerprint density at radius 1 is 0.929 bits per heavy atom. The summed E-state index contributed by atoms with van der Waals surface area (Å²) in [5.41, 5.74) is 5.92. The quantitative estimate of drug-likeness (QED) is 0.675. The van der Waals surface area contributed by atoms with Crippen LogP contribution in [0.1, 0.15) is 33.7 Å². The van der Waals surface area contributed by atoms with E-state index in [-0.39, 0.29) is 5.92 Å². The summed E-state index contributed by atoms with van der Waals surface area (Å²) in [6.07, 6.45) is 1.89. The number of fused-ring (bicyclic) bond motifs is 2. The highest BCUT2D eigenvalue weighted by Gasteiger charge is 2.33. The first-order chi connectivity index (χ1) is 13.7. The van der Waals surface area contributed by atoms with Crippen molar-refractivity contribution in [3.8, 4) is 6.07 Å². The van der Waals surface area contributed by atoms with E-state index >= 15 is 0 Å². The van der Waals surface area contributed by atoms with Crippen molar-refractivity contribution in [1.29, 1.82) is 5.26 Å². The molecule has 0 fully saturated rings. The summed E-state index contributed by atoms with van der Waals surface area (Å²) in [7, 11) is 0. The van der Waals surface area contributed by atoms with E-state index in [4.69, 9.17) is 0 Å². The zero-order valence-corrected chi connectivity index (χ0v) is 16.6. The number of nitriles is 1. The lowest BCUT2D eigenvalue weighted by molar-refractivity contribution is 0.559. The van der Waals surface area contributed by atoms with Crippen LogP contribution < -0.4 is 4.72 Å². The maximum atomic E-state index is 12.9. The van der Waals surface area contributed by atoms with Crippen molar-refractivity contribution in [3.63, 3.8) is 0 Å². The van der Waals surface area contributed by atoms with Crippen LogP contribution in [0.25, 0.3) is 0 Å². The normalized spacial score (nSPS) is 15.6. The van der Waals surface area contributed by atoms with Gasteiger partial charge in [0.2, 0.25) is 0 Å². The zero-order valence-electron chi connectivity index (χ0n) is 15.8. The number of nitrogens with zero attached hydrogens (tertiary/aromatic N) is 1. The third kappa shape index (κ3) is 3.70. The van der Waals surface area contributed by atoms with E-state index in [2.05, 4.69) is 35.1 Å². The SMILES string of the molecule is Cc1ccc([S+]([O-])N[C@H](C#N)C2c3ccccc3CCc3ccccc32)cc1. The Labute approximate surface area is 169 Å². The van der Waals surface area contributed by atoms with Crippen LogP contribution in [0.15, 0.2) is 77.7 Å². The van der Waals surface area contributed by atoms with Gasteiger partial charge in [0, 0.05) is 5.92 Å². The molecule has 2 atom stereocenters. The summed E-state index contributed by atoms with van der Waals surface area (Å²) in [5, 5.41) is 10.0. The number of nitrogens with one attached hydrogen (secondary N) is 1. The second-order valence-electron chi connectivity index (χ2n) is 7.18. The molecule has 4 heteroatoms. The highest BCUT2D eigenvalue weighted by Crippen LogP contribution is 2.36. The highest BCUT2D eigenvalue weighted by molar-refractivity contribution is 7.89. The molecular weight excluding hydrogens is 364 g/mol. The maximum absolute atomic E-state index is 12.9. The number of hydrogen-bond donors (Lipinski definition) is 1. The van der Waals surface area contributed by atoms with Gasteiger partial charge in [-0.2, -0.15) is 5.26 Å². The number of rotatable bonds is 4. The average Bonchev–Trinajstić information content (AvgIpc) is 2.89. The molecule has 0 aromatic heterocycles. The van der Waals surface area contributed by atoms with Crippen LogP contribution in [0.2, 0.25) is 0 Å². The van der Waals surface area contributed by atoms with Crippen LogP contribution in [-0.4, -0.2) is 10.6 Å². The van der Waals surface area contributed by atoms with Crippen LogP contribution in [0.5, 0.6) is 0 Å². The fraction of sp³-hybridized carbons (Fsp3) is 0.208. The molecule has 0 saturated carbocycles. The monoisotopic (exact) mass is 386 g/mol. The Morgan fingerprint density at radius 3 is 2.00 bits per heavy atom. The molecule has 0 bridgehead atoms. The standard InChI is InChI=1S/C24H22N2OS/c1-17-10-14-20(15-11-17)28(27)26-23(16-25)24-21-8-4-2-6-18(21)12-13-19-7-3-5-9-22(19)24/h2-11,14-15,23-24,26H,12-13H2,1H3/t23-,28?/m1/s1. The Hall–Kier alpha value is -2.58. The van der Waals surface area contributed by atoms with Crippen molar-refractivity contribution >= 4 is 11.4 Å². The molecule has 1 N–H and O–H groups in total. The van der Waals surface area contributed by atoms with Crippen molar-refractivity contribution in [3.05, 3.63) is 101 Å². The van der Waals surface area contributed by atoms with Gasteiger partial charge >= 0.3 is 0 Å². The first kappa shape index (κ1) is 18.8. The third-order valence-corrected chi connectivity index (χ3v) is 6.55. The summed E-state index contributed by atoms with van der Waals surface area (Å²) in [6.45, 7) is 2.00. The molecule has 0 radical (unpaired) electrons. The Kier molecular flexibility index (Phi) is 5.50. The Balaban J connectivity index is 1.73. The summed E-state index contributed by atoms with van der Waals surface area (Å²) < 4.78 is 16.0. The smallest absolute Gasteiger partial charge is 0.173 e. The van der Waals surface area contributed by atoms with Crippen LogP contribution in [0.3, 0.4) is 0 Å². The molecule has 1 aliphatic carbocycles. The fourth-order valence-corrected chi connectivity index (χ4v) is 4.88. The van der Waals surface area contributed by atoms with Crippen LogP contribution in [-0.2, 0) is 24.2 Å². The molecule has 4 rings (SSSR count). The number of aryl methyl sites for hydroxylation is 3. The van der Waals surface area contributed by atoms with E-state index in [0.29, 0.717) is 4.90 Å². The molecule has 140 valence electrons. The summed E-state index contributed by atoms with van der Waals surface area (Å²) in [6, 6.07) is 26.0. The van der Waals surface area contributed by atoms with Gasteiger partial charge in [0.25, 0.3) is 0 Å². The van der Waals surface area contributed by atoms with Crippen molar-refractivity contribution in [1.82, 2.24) is 4.72 Å². The fourth-order valence-electron chi connectivity index (χ4n) is 3.94. The van der Waals surface area contributed by atoms with E-state index in [1.807, 2.05) is 55.5 Å². The van der Waals surface area contributed by atoms with Crippen LogP contribution in [0, 0.1) is 18.3 Å². The summed E-state index contributed by atoms with van der Waals surface area (Å²) in [4.78, 5) is 0.682. The van der Waals surface area contributed by atoms with Gasteiger partial charge in [0.05, 0.1) is 17.4 Å². The lowest BCUT2D eigenvalue weighted by atomic mass is 9.83. The molecule has 0 aliphatic heterocycles. The minimum absolute atomic E-state index is 0.158. The molecule has 0 amide bonds. The topological polar surface area (TPSA) is 58.9 Å². The van der Waals surface area contributed by atoms with Gasteiger partial charge in [0.15, 0.2) is 10.9 Å². The van der Waals surface area contributed by atoms with Crippen molar-refractivity contribution in [2.24, 2.45) is 0 Å². The number of hydrogen-bond acceptors (Lipinski definition) is 3. The Bertz CT molecular complexity index is 962. The molecule has 0 spiro atoms. The summed E-state index contributed by atoms with van der Waals surface area (Å²) >= 11 is -1.46. The number of benzene rings is 3. The second kappa shape index (κ2) is 8.20. The lowest BCUT2D eigenvalue weighted by Crippen LogP contribution is -2.39. The minimum atomic E-state index is -1.46. The first-order valence-electron chi connectivity index (χ1n) is 9.47. The molecule has 1 aliphatic rings. The largest absolute Gasteiger partial charge is 0.593 e. The molecule has 3 aromatic rings. The van der Waals surface area contributed by atoms with Crippen molar-refractivity contribution in [2.75, 3.05) is 0 Å². The average molecular weight is 387 g/mol. The van der Waals surface area contributed by atoms with Crippen molar-refractivity contribution in [2.45, 2.75) is 36.6 Å². The van der Waals surface area contributed by atoms with Crippen LogP contribution in [0.4, 0.5) is 0 Å². The molecule has 0 saturated heterocycles. The molecule has 0 heterocycles. The van der Waals surface area contributed by atoms with Gasteiger partial charge < -0.3 is 4.55 Å². The first-order valence-corrected chi connectivity index (χ1v) is 10.6. The van der Waals surface area contributed by atoms with E-state index in [0.717, 1.165) is 29.5 Å². The zero-order chi connectivity index (χ0) is 19.5. The van der Waals surface area contributed by atoms with Gasteiger partial charge in [-0.3, -0.25) is 0 Å². The molecule has 1 unspecified atom stereocenters. The van der Waals surface area contributed by atoms with Crippen LogP contribution >= 0.6 is 0 Å². The molecule has 3 nitrogen and oxygen atoms in total. The predicted molar refractivity (Wildman–Crippen MR) is 112 cm³/mol. The molecule has 3 aromatic carbocycles. The van der Waals surface area contributed by atoms with Gasteiger partial charge in [-0.05, 0) is 54.2 Å². The minimum Gasteiger partial charge on any atom is -0.593 e. The maximum Gasteiger partial charge on any atom is 0.173 e. The van der Waals surface area contributed by atoms with E-state index in [1.165, 1.54) is 11.1 Å². The van der Waals surface area contributed by atoms with E-state index in [1.54, 1.807) is 0 Å². The van der Waals surface area contributed by atoms with Gasteiger partial charge in [0.1, 0.15) is 0 Å². The Morgan fingerprint density at radius 2 is 1.46 bits per heavy atom.